The molecule has 0 aromatic rings. The van der Waals surface area contributed by atoms with Crippen molar-refractivity contribution in [3.8, 4) is 0 Å². The van der Waals surface area contributed by atoms with E-state index in [1.54, 1.807) is 0 Å². The van der Waals surface area contributed by atoms with Crippen LogP contribution in [0, 0.1) is 0 Å². The SMILES string of the molecule is C[C@@]1(Br)[C@H](Br)CS(=O)(=O)[C@@H]1Br. The Bertz CT molecular complexity index is 259. The minimum Gasteiger partial charge on any atom is -0.228 e. The third kappa shape index (κ3) is 1.69. The Balaban J connectivity index is 3.09. The van der Waals surface area contributed by atoms with Gasteiger partial charge < -0.3 is 0 Å². The summed E-state index contributed by atoms with van der Waals surface area (Å²) in [5.74, 6) is 0.185. The van der Waals surface area contributed by atoms with E-state index in [1.165, 1.54) is 0 Å². The average Bonchev–Trinajstić information content (AvgIpc) is 1.94. The Labute approximate surface area is 91.4 Å². The lowest BCUT2D eigenvalue weighted by Crippen LogP contribution is -2.31. The van der Waals surface area contributed by atoms with Crippen molar-refractivity contribution in [2.45, 2.75) is 20.2 Å². The monoisotopic (exact) mass is 368 g/mol. The average molecular weight is 371 g/mol. The fourth-order valence-corrected chi connectivity index (χ4v) is 6.64. The highest BCUT2D eigenvalue weighted by Gasteiger charge is 2.52. The van der Waals surface area contributed by atoms with Crippen LogP contribution in [0.3, 0.4) is 0 Å². The summed E-state index contributed by atoms with van der Waals surface area (Å²) in [5, 5.41) is 0. The van der Waals surface area contributed by atoms with Crippen molar-refractivity contribution in [2.24, 2.45) is 0 Å². The van der Waals surface area contributed by atoms with E-state index >= 15 is 0 Å². The zero-order chi connectivity index (χ0) is 8.86. The first kappa shape index (κ1) is 10.5. The first-order chi connectivity index (χ1) is 4.78. The molecule has 1 saturated heterocycles. The van der Waals surface area contributed by atoms with Crippen molar-refractivity contribution in [1.29, 1.82) is 0 Å². The molecule has 0 saturated carbocycles. The number of hydrogen-bond acceptors (Lipinski definition) is 2. The van der Waals surface area contributed by atoms with Crippen molar-refractivity contribution in [3.63, 3.8) is 0 Å². The van der Waals surface area contributed by atoms with E-state index in [4.69, 9.17) is 0 Å². The summed E-state index contributed by atoms with van der Waals surface area (Å²) in [7, 11) is -2.96. The zero-order valence-electron chi connectivity index (χ0n) is 5.72. The summed E-state index contributed by atoms with van der Waals surface area (Å²) in [5.41, 5.74) is 0. The minimum atomic E-state index is -2.96. The molecule has 1 rings (SSSR count). The van der Waals surface area contributed by atoms with Crippen LogP contribution in [-0.4, -0.2) is 27.5 Å². The molecule has 0 radical (unpaired) electrons. The highest BCUT2D eigenvalue weighted by atomic mass is 79.9. The quantitative estimate of drug-likeness (QED) is 0.612. The second kappa shape index (κ2) is 2.96. The van der Waals surface area contributed by atoms with Gasteiger partial charge in [-0.1, -0.05) is 47.8 Å². The second-order valence-corrected chi connectivity index (χ2v) is 9.23. The van der Waals surface area contributed by atoms with Crippen molar-refractivity contribution in [3.05, 3.63) is 0 Å². The molecule has 1 aliphatic rings. The van der Waals surface area contributed by atoms with E-state index in [2.05, 4.69) is 47.8 Å². The molecule has 0 aromatic carbocycles. The molecule has 0 aliphatic carbocycles. The van der Waals surface area contributed by atoms with Gasteiger partial charge in [-0.2, -0.15) is 0 Å². The standard InChI is InChI=1S/C5H7Br3O2S/c1-5(8)3(6)2-11(9,10)4(5)7/h3-4H,2H2,1H3/t3-,4+,5-/m1/s1. The molecular weight excluding hydrogens is 364 g/mol. The largest absolute Gasteiger partial charge is 0.228 e. The molecule has 0 unspecified atom stereocenters. The molecule has 6 heteroatoms. The second-order valence-electron chi connectivity index (χ2n) is 2.76. The van der Waals surface area contributed by atoms with Gasteiger partial charge in [-0.05, 0) is 6.92 Å². The maximum Gasteiger partial charge on any atom is 0.165 e. The topological polar surface area (TPSA) is 34.1 Å². The number of rotatable bonds is 0. The van der Waals surface area contributed by atoms with Crippen molar-refractivity contribution >= 4 is 57.6 Å². The van der Waals surface area contributed by atoms with Gasteiger partial charge in [0, 0.05) is 4.83 Å². The summed E-state index contributed by atoms with van der Waals surface area (Å²) < 4.78 is 21.7. The lowest BCUT2D eigenvalue weighted by molar-refractivity contribution is 0.599. The normalized spacial score (nSPS) is 49.5. The summed E-state index contributed by atoms with van der Waals surface area (Å²) in [6.07, 6.45) is 0. The molecule has 3 atom stereocenters. The van der Waals surface area contributed by atoms with Crippen molar-refractivity contribution in [2.75, 3.05) is 5.75 Å². The number of sulfone groups is 1. The Morgan fingerprint density at radius 2 is 1.91 bits per heavy atom. The van der Waals surface area contributed by atoms with Gasteiger partial charge in [-0.15, -0.1) is 0 Å². The van der Waals surface area contributed by atoms with E-state index in [9.17, 15) is 8.42 Å². The summed E-state index contributed by atoms with van der Waals surface area (Å²) in [6, 6.07) is 0. The molecule has 66 valence electrons. The van der Waals surface area contributed by atoms with E-state index in [0.717, 1.165) is 0 Å². The number of halogens is 3. The molecule has 2 nitrogen and oxygen atoms in total. The zero-order valence-corrected chi connectivity index (χ0v) is 11.3. The van der Waals surface area contributed by atoms with Gasteiger partial charge >= 0.3 is 0 Å². The third-order valence-corrected chi connectivity index (χ3v) is 10.6. The van der Waals surface area contributed by atoms with Gasteiger partial charge in [-0.25, -0.2) is 8.42 Å². The minimum absolute atomic E-state index is 0.0237. The fourth-order valence-electron chi connectivity index (χ4n) is 0.945. The molecule has 11 heavy (non-hydrogen) atoms. The molecule has 0 bridgehead atoms. The molecule has 0 amide bonds. The smallest absolute Gasteiger partial charge is 0.165 e. The molecule has 1 fully saturated rings. The first-order valence-corrected chi connectivity index (χ1v) is 7.31. The van der Waals surface area contributed by atoms with Gasteiger partial charge in [-0.3, -0.25) is 0 Å². The highest BCUT2D eigenvalue weighted by Crippen LogP contribution is 2.44. The Morgan fingerprint density at radius 1 is 1.45 bits per heavy atom. The predicted molar refractivity (Wildman–Crippen MR) is 56.5 cm³/mol. The van der Waals surface area contributed by atoms with Gasteiger partial charge in [0.1, 0.15) is 4.16 Å². The van der Waals surface area contributed by atoms with Crippen molar-refractivity contribution < 1.29 is 8.42 Å². The fraction of sp³-hybridized carbons (Fsp3) is 1.00. The van der Waals surface area contributed by atoms with E-state index in [1.807, 2.05) is 6.92 Å². The van der Waals surface area contributed by atoms with E-state index in [-0.39, 0.29) is 10.6 Å². The van der Waals surface area contributed by atoms with Gasteiger partial charge in [0.25, 0.3) is 0 Å². The van der Waals surface area contributed by atoms with Crippen LogP contribution >= 0.6 is 47.8 Å². The van der Waals surface area contributed by atoms with Crippen LogP contribution in [0.5, 0.6) is 0 Å². The Morgan fingerprint density at radius 3 is 2.00 bits per heavy atom. The Kier molecular flexibility index (Phi) is 2.82. The van der Waals surface area contributed by atoms with Crippen LogP contribution in [0.1, 0.15) is 6.92 Å². The lowest BCUT2D eigenvalue weighted by atomic mass is 10.2. The summed E-state index contributed by atoms with van der Waals surface area (Å²) in [4.78, 5) is -0.0237. The van der Waals surface area contributed by atoms with Crippen molar-refractivity contribution in [1.82, 2.24) is 0 Å². The van der Waals surface area contributed by atoms with Crippen LogP contribution in [0.4, 0.5) is 0 Å². The Hall–Kier alpha value is 1.39. The van der Waals surface area contributed by atoms with Gasteiger partial charge in [0.05, 0.1) is 10.1 Å². The van der Waals surface area contributed by atoms with Crippen LogP contribution < -0.4 is 0 Å². The highest BCUT2D eigenvalue weighted by molar-refractivity contribution is 9.15. The number of alkyl halides is 3. The molecular formula is C5H7Br3O2S. The number of hydrogen-bond donors (Lipinski definition) is 0. The van der Waals surface area contributed by atoms with Crippen LogP contribution in [0.2, 0.25) is 0 Å². The van der Waals surface area contributed by atoms with Crippen LogP contribution in [-0.2, 0) is 9.84 Å². The van der Waals surface area contributed by atoms with Gasteiger partial charge in [0.2, 0.25) is 0 Å². The maximum atomic E-state index is 11.3. The maximum absolute atomic E-state index is 11.3. The predicted octanol–water partition coefficient (Wildman–Crippen LogP) is 2.05. The summed E-state index contributed by atoms with van der Waals surface area (Å²) >= 11 is 9.85. The third-order valence-electron chi connectivity index (χ3n) is 1.75. The molecule has 0 spiro atoms. The summed E-state index contributed by atoms with van der Waals surface area (Å²) in [6.45, 7) is 1.86. The molecule has 1 heterocycles. The van der Waals surface area contributed by atoms with Gasteiger partial charge in [0.15, 0.2) is 9.84 Å². The van der Waals surface area contributed by atoms with Crippen LogP contribution in [0.15, 0.2) is 0 Å². The van der Waals surface area contributed by atoms with E-state index < -0.39 is 18.3 Å². The molecule has 0 N–H and O–H groups in total. The molecule has 1 aliphatic heterocycles. The lowest BCUT2D eigenvalue weighted by Gasteiger charge is -2.21. The first-order valence-electron chi connectivity index (χ1n) is 2.97. The molecule has 0 aromatic heterocycles. The van der Waals surface area contributed by atoms with E-state index in [0.29, 0.717) is 0 Å². The van der Waals surface area contributed by atoms with Crippen LogP contribution in [0.25, 0.3) is 0 Å².